The topological polar surface area (TPSA) is 63.6 Å². The normalized spacial score (nSPS) is 13.7. The van der Waals surface area contributed by atoms with Gasteiger partial charge in [0.25, 0.3) is 0 Å². The minimum atomic E-state index is -1.73. The Bertz CT molecular complexity index is 483. The van der Waals surface area contributed by atoms with Crippen LogP contribution in [0.15, 0.2) is 22.7 Å². The Morgan fingerprint density at radius 2 is 2.05 bits per heavy atom. The van der Waals surface area contributed by atoms with Gasteiger partial charge in [-0.05, 0) is 44.0 Å². The summed E-state index contributed by atoms with van der Waals surface area (Å²) in [5, 5.41) is 9.22. The number of carbonyl (C=O) groups is 2. The summed E-state index contributed by atoms with van der Waals surface area (Å²) in [6, 6.07) is 4.03. The molecule has 19 heavy (non-hydrogen) atoms. The van der Waals surface area contributed by atoms with E-state index >= 15 is 0 Å². The van der Waals surface area contributed by atoms with Crippen LogP contribution in [0, 0.1) is 11.2 Å². The minimum Gasteiger partial charge on any atom is -0.480 e. The van der Waals surface area contributed by atoms with E-state index in [0.717, 1.165) is 0 Å². The van der Waals surface area contributed by atoms with Gasteiger partial charge in [0, 0.05) is 4.47 Å². The molecule has 1 unspecified atom stereocenters. The van der Waals surface area contributed by atoms with Gasteiger partial charge in [-0.1, -0.05) is 15.9 Å². The lowest BCUT2D eigenvalue weighted by atomic mass is 9.83. The van der Waals surface area contributed by atoms with Crippen LogP contribution in [0.3, 0.4) is 0 Å². The van der Waals surface area contributed by atoms with Gasteiger partial charge in [0.05, 0.1) is 6.61 Å². The molecule has 0 aliphatic heterocycles. The number of benzene rings is 1. The van der Waals surface area contributed by atoms with Crippen LogP contribution in [0.4, 0.5) is 4.39 Å². The molecule has 1 aromatic rings. The SMILES string of the molecule is CCOC(=O)C(C)(Cc1cc(F)cc(Br)c1)C(=O)O. The van der Waals surface area contributed by atoms with Crippen LogP contribution in [0.2, 0.25) is 0 Å². The Kier molecular flexibility index (Phi) is 5.05. The Balaban J connectivity index is 3.08. The van der Waals surface area contributed by atoms with E-state index in [1.807, 2.05) is 0 Å². The van der Waals surface area contributed by atoms with Crippen LogP contribution >= 0.6 is 15.9 Å². The van der Waals surface area contributed by atoms with Gasteiger partial charge >= 0.3 is 11.9 Å². The summed E-state index contributed by atoms with van der Waals surface area (Å²) in [6.45, 7) is 2.96. The standard InChI is InChI=1S/C13H14BrFO4/c1-3-19-12(18)13(2,11(16)17)7-8-4-9(14)6-10(15)5-8/h4-6H,3,7H2,1-2H3,(H,16,17). The summed E-state index contributed by atoms with van der Waals surface area (Å²) in [5.74, 6) is -2.63. The molecule has 0 aliphatic rings. The molecule has 104 valence electrons. The fraction of sp³-hybridized carbons (Fsp3) is 0.385. The van der Waals surface area contributed by atoms with Crippen molar-refractivity contribution in [1.82, 2.24) is 0 Å². The van der Waals surface area contributed by atoms with Crippen molar-refractivity contribution in [3.8, 4) is 0 Å². The number of esters is 1. The van der Waals surface area contributed by atoms with Crippen molar-refractivity contribution in [3.05, 3.63) is 34.1 Å². The van der Waals surface area contributed by atoms with Gasteiger partial charge < -0.3 is 9.84 Å². The van der Waals surface area contributed by atoms with Gasteiger partial charge in [-0.3, -0.25) is 9.59 Å². The highest BCUT2D eigenvalue weighted by molar-refractivity contribution is 9.10. The van der Waals surface area contributed by atoms with Gasteiger partial charge in [-0.2, -0.15) is 0 Å². The van der Waals surface area contributed by atoms with E-state index in [1.54, 1.807) is 13.0 Å². The van der Waals surface area contributed by atoms with E-state index in [9.17, 15) is 19.1 Å². The number of carbonyl (C=O) groups excluding carboxylic acids is 1. The highest BCUT2D eigenvalue weighted by atomic mass is 79.9. The smallest absolute Gasteiger partial charge is 0.323 e. The quantitative estimate of drug-likeness (QED) is 0.665. The lowest BCUT2D eigenvalue weighted by Gasteiger charge is -2.22. The van der Waals surface area contributed by atoms with Crippen LogP contribution in [-0.2, 0) is 20.7 Å². The second-order valence-electron chi connectivity index (χ2n) is 4.31. The number of carboxylic acids is 1. The number of aliphatic carboxylic acids is 1. The van der Waals surface area contributed by atoms with Gasteiger partial charge in [0.1, 0.15) is 5.82 Å². The van der Waals surface area contributed by atoms with Crippen LogP contribution < -0.4 is 0 Å². The monoisotopic (exact) mass is 332 g/mol. The van der Waals surface area contributed by atoms with E-state index < -0.39 is 23.2 Å². The molecule has 1 rings (SSSR count). The molecule has 6 heteroatoms. The van der Waals surface area contributed by atoms with Crippen molar-refractivity contribution >= 4 is 27.9 Å². The van der Waals surface area contributed by atoms with Crippen molar-refractivity contribution in [1.29, 1.82) is 0 Å². The lowest BCUT2D eigenvalue weighted by molar-refractivity contribution is -0.167. The Labute approximate surface area is 118 Å². The minimum absolute atomic E-state index is 0.0918. The van der Waals surface area contributed by atoms with E-state index in [1.165, 1.54) is 19.1 Å². The molecule has 0 aliphatic carbocycles. The largest absolute Gasteiger partial charge is 0.480 e. The van der Waals surface area contributed by atoms with Crippen molar-refractivity contribution in [2.24, 2.45) is 5.41 Å². The molecule has 0 bridgehead atoms. The summed E-state index contributed by atoms with van der Waals surface area (Å²) < 4.78 is 18.5. The number of ether oxygens (including phenoxy) is 1. The zero-order chi connectivity index (χ0) is 14.6. The Hall–Kier alpha value is -1.43. The third-order valence-corrected chi connectivity index (χ3v) is 3.14. The molecule has 0 saturated heterocycles. The van der Waals surface area contributed by atoms with E-state index in [2.05, 4.69) is 15.9 Å². The van der Waals surface area contributed by atoms with Gasteiger partial charge in [-0.15, -0.1) is 0 Å². The first-order valence-corrected chi connectivity index (χ1v) is 6.44. The molecule has 4 nitrogen and oxygen atoms in total. The van der Waals surface area contributed by atoms with Crippen LogP contribution in [0.5, 0.6) is 0 Å². The first-order chi connectivity index (χ1) is 8.79. The maximum absolute atomic E-state index is 13.3. The molecule has 0 spiro atoms. The first-order valence-electron chi connectivity index (χ1n) is 5.65. The van der Waals surface area contributed by atoms with Gasteiger partial charge in [0.15, 0.2) is 5.41 Å². The fourth-order valence-electron chi connectivity index (χ4n) is 1.65. The Morgan fingerprint density at radius 1 is 1.42 bits per heavy atom. The summed E-state index contributed by atoms with van der Waals surface area (Å²) >= 11 is 3.12. The zero-order valence-corrected chi connectivity index (χ0v) is 12.2. The summed E-state index contributed by atoms with van der Waals surface area (Å²) in [6.07, 6.45) is -0.141. The average molecular weight is 333 g/mol. The molecular formula is C13H14BrFO4. The number of halogens is 2. The predicted octanol–water partition coefficient (Wildman–Crippen LogP) is 2.78. The van der Waals surface area contributed by atoms with E-state index in [-0.39, 0.29) is 13.0 Å². The van der Waals surface area contributed by atoms with Crippen molar-refractivity contribution in [2.75, 3.05) is 6.61 Å². The molecule has 1 N–H and O–H groups in total. The van der Waals surface area contributed by atoms with Crippen molar-refractivity contribution in [2.45, 2.75) is 20.3 Å². The second kappa shape index (κ2) is 6.14. The van der Waals surface area contributed by atoms with Crippen molar-refractivity contribution < 1.29 is 23.8 Å². The third kappa shape index (κ3) is 3.76. The summed E-state index contributed by atoms with van der Waals surface area (Å²) in [5.41, 5.74) is -1.33. The molecule has 0 radical (unpaired) electrons. The second-order valence-corrected chi connectivity index (χ2v) is 5.23. The number of hydrogen-bond acceptors (Lipinski definition) is 3. The molecule has 0 fully saturated rings. The number of rotatable bonds is 5. The fourth-order valence-corrected chi connectivity index (χ4v) is 2.16. The van der Waals surface area contributed by atoms with Gasteiger partial charge in [-0.25, -0.2) is 4.39 Å². The molecule has 0 heterocycles. The lowest BCUT2D eigenvalue weighted by Crippen LogP contribution is -2.40. The molecule has 0 amide bonds. The van der Waals surface area contributed by atoms with Crippen LogP contribution in [0.1, 0.15) is 19.4 Å². The summed E-state index contributed by atoms with van der Waals surface area (Å²) in [4.78, 5) is 23.1. The van der Waals surface area contributed by atoms with Crippen LogP contribution in [0.25, 0.3) is 0 Å². The average Bonchev–Trinajstić information content (AvgIpc) is 2.27. The third-order valence-electron chi connectivity index (χ3n) is 2.68. The molecule has 0 aromatic heterocycles. The predicted molar refractivity (Wildman–Crippen MR) is 70.2 cm³/mol. The van der Waals surface area contributed by atoms with E-state index in [4.69, 9.17) is 4.74 Å². The summed E-state index contributed by atoms with van der Waals surface area (Å²) in [7, 11) is 0. The van der Waals surface area contributed by atoms with Crippen molar-refractivity contribution in [3.63, 3.8) is 0 Å². The highest BCUT2D eigenvalue weighted by Gasteiger charge is 2.43. The maximum Gasteiger partial charge on any atom is 0.323 e. The van der Waals surface area contributed by atoms with E-state index in [0.29, 0.717) is 10.0 Å². The molecule has 1 atom stereocenters. The first kappa shape index (κ1) is 15.6. The van der Waals surface area contributed by atoms with Gasteiger partial charge in [0.2, 0.25) is 0 Å². The molecule has 0 saturated carbocycles. The van der Waals surface area contributed by atoms with Crippen LogP contribution in [-0.4, -0.2) is 23.7 Å². The molecular weight excluding hydrogens is 319 g/mol. The number of carboxylic acid groups (broad SMARTS) is 1. The Morgan fingerprint density at radius 3 is 2.53 bits per heavy atom. The number of hydrogen-bond donors (Lipinski definition) is 1. The maximum atomic E-state index is 13.3. The zero-order valence-electron chi connectivity index (χ0n) is 10.6. The highest BCUT2D eigenvalue weighted by Crippen LogP contribution is 2.27. The molecule has 1 aromatic carbocycles.